The molecule has 2 rings (SSSR count). The average Bonchev–Trinajstić information content (AvgIpc) is 2.81. The lowest BCUT2D eigenvalue weighted by molar-refractivity contribution is 0.110. The van der Waals surface area contributed by atoms with Crippen LogP contribution in [-0.4, -0.2) is 42.8 Å². The van der Waals surface area contributed by atoms with Crippen LogP contribution in [0.1, 0.15) is 26.2 Å². The molecule has 2 unspecified atom stereocenters. The van der Waals surface area contributed by atoms with Crippen molar-refractivity contribution < 1.29 is 4.74 Å². The summed E-state index contributed by atoms with van der Waals surface area (Å²) in [6.07, 6.45) is 3.92. The van der Waals surface area contributed by atoms with Crippen molar-refractivity contribution in [3.8, 4) is 0 Å². The SMILES string of the molecule is CC(CN)N(C1CC1)C1CCOC1. The van der Waals surface area contributed by atoms with E-state index >= 15 is 0 Å². The fourth-order valence-electron chi connectivity index (χ4n) is 2.27. The van der Waals surface area contributed by atoms with Crippen molar-refractivity contribution in [2.24, 2.45) is 5.73 Å². The normalized spacial score (nSPS) is 31.2. The zero-order chi connectivity index (χ0) is 9.26. The van der Waals surface area contributed by atoms with Crippen LogP contribution in [-0.2, 0) is 4.74 Å². The minimum absolute atomic E-state index is 0.527. The van der Waals surface area contributed by atoms with Crippen LogP contribution in [0, 0.1) is 0 Å². The number of ether oxygens (including phenoxy) is 1. The van der Waals surface area contributed by atoms with Gasteiger partial charge in [0.05, 0.1) is 6.61 Å². The quantitative estimate of drug-likeness (QED) is 0.695. The van der Waals surface area contributed by atoms with Crippen molar-refractivity contribution >= 4 is 0 Å². The molecule has 0 aromatic heterocycles. The van der Waals surface area contributed by atoms with Crippen molar-refractivity contribution in [2.45, 2.75) is 44.3 Å². The average molecular weight is 184 g/mol. The highest BCUT2D eigenvalue weighted by atomic mass is 16.5. The van der Waals surface area contributed by atoms with E-state index < -0.39 is 0 Å². The second kappa shape index (κ2) is 3.95. The predicted octanol–water partition coefficient (Wildman–Crippen LogP) is 0.587. The first-order valence-electron chi connectivity index (χ1n) is 5.38. The zero-order valence-electron chi connectivity index (χ0n) is 8.41. The zero-order valence-corrected chi connectivity index (χ0v) is 8.41. The van der Waals surface area contributed by atoms with Gasteiger partial charge in [0.25, 0.3) is 0 Å². The predicted molar refractivity (Wildman–Crippen MR) is 52.6 cm³/mol. The van der Waals surface area contributed by atoms with Crippen LogP contribution < -0.4 is 5.73 Å². The van der Waals surface area contributed by atoms with Crippen LogP contribution in [0.3, 0.4) is 0 Å². The van der Waals surface area contributed by atoms with Gasteiger partial charge in [-0.3, -0.25) is 4.90 Å². The number of nitrogens with zero attached hydrogens (tertiary/aromatic N) is 1. The molecule has 0 spiro atoms. The molecule has 1 aliphatic heterocycles. The Balaban J connectivity index is 1.95. The maximum absolute atomic E-state index is 5.72. The Morgan fingerprint density at radius 1 is 1.38 bits per heavy atom. The smallest absolute Gasteiger partial charge is 0.0622 e. The largest absolute Gasteiger partial charge is 0.380 e. The van der Waals surface area contributed by atoms with Crippen molar-refractivity contribution in [1.29, 1.82) is 0 Å². The van der Waals surface area contributed by atoms with Crippen LogP contribution in [0.2, 0.25) is 0 Å². The topological polar surface area (TPSA) is 38.5 Å². The van der Waals surface area contributed by atoms with E-state index in [1.807, 2.05) is 0 Å². The Labute approximate surface area is 80.2 Å². The van der Waals surface area contributed by atoms with Gasteiger partial charge in [0.2, 0.25) is 0 Å². The molecule has 13 heavy (non-hydrogen) atoms. The van der Waals surface area contributed by atoms with Crippen LogP contribution in [0.5, 0.6) is 0 Å². The van der Waals surface area contributed by atoms with E-state index in [4.69, 9.17) is 10.5 Å². The molecule has 0 amide bonds. The van der Waals surface area contributed by atoms with Gasteiger partial charge in [-0.1, -0.05) is 0 Å². The molecular weight excluding hydrogens is 164 g/mol. The molecule has 3 nitrogen and oxygen atoms in total. The number of hydrogen-bond donors (Lipinski definition) is 1. The van der Waals surface area contributed by atoms with Crippen molar-refractivity contribution in [2.75, 3.05) is 19.8 Å². The summed E-state index contributed by atoms with van der Waals surface area (Å²) in [6, 6.07) is 1.98. The Hall–Kier alpha value is -0.120. The molecule has 2 aliphatic rings. The maximum Gasteiger partial charge on any atom is 0.0622 e. The van der Waals surface area contributed by atoms with Gasteiger partial charge in [0, 0.05) is 31.3 Å². The monoisotopic (exact) mass is 184 g/mol. The highest BCUT2D eigenvalue weighted by Gasteiger charge is 2.37. The van der Waals surface area contributed by atoms with Gasteiger partial charge in [-0.2, -0.15) is 0 Å². The summed E-state index contributed by atoms with van der Waals surface area (Å²) in [7, 11) is 0. The maximum atomic E-state index is 5.72. The first kappa shape index (κ1) is 9.44. The van der Waals surface area contributed by atoms with Gasteiger partial charge in [-0.25, -0.2) is 0 Å². The second-order valence-electron chi connectivity index (χ2n) is 4.28. The minimum atomic E-state index is 0.527. The van der Waals surface area contributed by atoms with Gasteiger partial charge in [-0.05, 0) is 26.2 Å². The lowest BCUT2D eigenvalue weighted by Gasteiger charge is -2.33. The number of hydrogen-bond acceptors (Lipinski definition) is 3. The van der Waals surface area contributed by atoms with Gasteiger partial charge in [0.1, 0.15) is 0 Å². The number of nitrogens with two attached hydrogens (primary N) is 1. The molecule has 3 heteroatoms. The van der Waals surface area contributed by atoms with Crippen molar-refractivity contribution in [3.63, 3.8) is 0 Å². The fourth-order valence-corrected chi connectivity index (χ4v) is 2.27. The van der Waals surface area contributed by atoms with E-state index in [-0.39, 0.29) is 0 Å². The Morgan fingerprint density at radius 2 is 2.15 bits per heavy atom. The van der Waals surface area contributed by atoms with Crippen molar-refractivity contribution in [3.05, 3.63) is 0 Å². The molecule has 0 aromatic carbocycles. The molecule has 0 aromatic rings. The lowest BCUT2D eigenvalue weighted by atomic mass is 10.1. The third kappa shape index (κ3) is 2.03. The lowest BCUT2D eigenvalue weighted by Crippen LogP contribution is -2.47. The van der Waals surface area contributed by atoms with E-state index in [1.165, 1.54) is 19.3 Å². The molecule has 1 saturated carbocycles. The summed E-state index contributed by atoms with van der Waals surface area (Å²) in [5.74, 6) is 0. The van der Waals surface area contributed by atoms with Crippen molar-refractivity contribution in [1.82, 2.24) is 4.90 Å². The highest BCUT2D eigenvalue weighted by Crippen LogP contribution is 2.32. The summed E-state index contributed by atoms with van der Waals surface area (Å²) < 4.78 is 5.43. The molecule has 1 saturated heterocycles. The van der Waals surface area contributed by atoms with E-state index in [0.717, 1.165) is 25.8 Å². The Bertz CT molecular complexity index is 164. The third-order valence-electron chi connectivity index (χ3n) is 3.15. The van der Waals surface area contributed by atoms with E-state index in [9.17, 15) is 0 Å². The highest BCUT2D eigenvalue weighted by molar-refractivity contribution is 4.93. The fraction of sp³-hybridized carbons (Fsp3) is 1.00. The van der Waals surface area contributed by atoms with E-state index in [1.54, 1.807) is 0 Å². The molecular formula is C10H20N2O. The molecule has 2 fully saturated rings. The first-order valence-corrected chi connectivity index (χ1v) is 5.38. The molecule has 2 N–H and O–H groups in total. The van der Waals surface area contributed by atoms with Crippen LogP contribution >= 0.6 is 0 Å². The Kier molecular flexibility index (Phi) is 2.86. The summed E-state index contributed by atoms with van der Waals surface area (Å²) in [5.41, 5.74) is 5.72. The minimum Gasteiger partial charge on any atom is -0.380 e. The summed E-state index contributed by atoms with van der Waals surface area (Å²) in [5, 5.41) is 0. The van der Waals surface area contributed by atoms with Crippen LogP contribution in [0.4, 0.5) is 0 Å². The van der Waals surface area contributed by atoms with Gasteiger partial charge >= 0.3 is 0 Å². The molecule has 76 valence electrons. The Morgan fingerprint density at radius 3 is 2.62 bits per heavy atom. The summed E-state index contributed by atoms with van der Waals surface area (Å²) in [6.45, 7) is 4.86. The van der Waals surface area contributed by atoms with E-state index in [2.05, 4.69) is 11.8 Å². The summed E-state index contributed by atoms with van der Waals surface area (Å²) in [4.78, 5) is 2.59. The van der Waals surface area contributed by atoms with Gasteiger partial charge in [0.15, 0.2) is 0 Å². The standard InChI is InChI=1S/C10H20N2O/c1-8(6-11)12(9-2-3-9)10-4-5-13-7-10/h8-10H,2-7,11H2,1H3. The molecule has 0 bridgehead atoms. The second-order valence-corrected chi connectivity index (χ2v) is 4.28. The first-order chi connectivity index (χ1) is 6.33. The van der Waals surface area contributed by atoms with Crippen LogP contribution in [0.25, 0.3) is 0 Å². The van der Waals surface area contributed by atoms with Gasteiger partial charge in [-0.15, -0.1) is 0 Å². The molecule has 0 radical (unpaired) electrons. The van der Waals surface area contributed by atoms with E-state index in [0.29, 0.717) is 12.1 Å². The molecule has 1 aliphatic carbocycles. The third-order valence-corrected chi connectivity index (χ3v) is 3.15. The summed E-state index contributed by atoms with van der Waals surface area (Å²) >= 11 is 0. The molecule has 2 atom stereocenters. The molecule has 1 heterocycles. The van der Waals surface area contributed by atoms with Gasteiger partial charge < -0.3 is 10.5 Å². The number of rotatable bonds is 4. The van der Waals surface area contributed by atoms with Crippen LogP contribution in [0.15, 0.2) is 0 Å².